The molecule has 0 aliphatic carbocycles. The van der Waals surface area contributed by atoms with E-state index in [1.54, 1.807) is 19.3 Å². The zero-order chi connectivity index (χ0) is 21.4. The van der Waals surface area contributed by atoms with Crippen molar-refractivity contribution in [2.24, 2.45) is 0 Å². The Morgan fingerprint density at radius 1 is 1.10 bits per heavy atom. The van der Waals surface area contributed by atoms with E-state index in [9.17, 15) is 4.79 Å². The number of methoxy groups -OCH3 is 1. The van der Waals surface area contributed by atoms with Gasteiger partial charge in [-0.3, -0.25) is 9.69 Å². The second-order valence-electron chi connectivity index (χ2n) is 7.88. The van der Waals surface area contributed by atoms with Crippen LogP contribution < -0.4 is 14.2 Å². The molecule has 0 saturated carbocycles. The Morgan fingerprint density at radius 2 is 1.94 bits per heavy atom. The molecule has 0 amide bonds. The molecule has 0 fully saturated rings. The number of hydrogen-bond donors (Lipinski definition) is 0. The molecule has 31 heavy (non-hydrogen) atoms. The van der Waals surface area contributed by atoms with Gasteiger partial charge in [0.1, 0.15) is 24.0 Å². The molecule has 3 aromatic rings. The summed E-state index contributed by atoms with van der Waals surface area (Å²) in [6.07, 6.45) is 1.75. The van der Waals surface area contributed by atoms with Gasteiger partial charge >= 0.3 is 0 Å². The predicted octanol–water partition coefficient (Wildman–Crippen LogP) is 4.97. The number of fused-ring (bicyclic) bond motifs is 3. The van der Waals surface area contributed by atoms with Crippen molar-refractivity contribution in [3.8, 4) is 17.2 Å². The van der Waals surface area contributed by atoms with Crippen LogP contribution in [0.1, 0.15) is 32.6 Å². The molecule has 2 aliphatic rings. The van der Waals surface area contributed by atoms with E-state index in [2.05, 4.69) is 36.1 Å². The SMILES string of the molecule is COc1cccc(/C=C2\Oc3c(ccc4c3CN(Cc3ccc(C)cc3)CO4)C2=O)c1. The van der Waals surface area contributed by atoms with Gasteiger partial charge in [0.05, 0.1) is 18.2 Å². The van der Waals surface area contributed by atoms with E-state index in [-0.39, 0.29) is 5.78 Å². The average Bonchev–Trinajstić information content (AvgIpc) is 3.11. The fraction of sp³-hybridized carbons (Fsp3) is 0.192. The predicted molar refractivity (Wildman–Crippen MR) is 118 cm³/mol. The Bertz CT molecular complexity index is 1180. The quantitative estimate of drug-likeness (QED) is 0.565. The van der Waals surface area contributed by atoms with E-state index in [0.29, 0.717) is 30.3 Å². The summed E-state index contributed by atoms with van der Waals surface area (Å²) in [6.45, 7) is 4.01. The van der Waals surface area contributed by atoms with E-state index in [1.165, 1.54) is 11.1 Å². The van der Waals surface area contributed by atoms with Crippen LogP contribution in [0.25, 0.3) is 6.08 Å². The molecule has 0 saturated heterocycles. The van der Waals surface area contributed by atoms with Crippen molar-refractivity contribution in [2.45, 2.75) is 20.0 Å². The minimum absolute atomic E-state index is 0.115. The lowest BCUT2D eigenvalue weighted by atomic mass is 10.0. The first-order valence-electron chi connectivity index (χ1n) is 10.3. The fourth-order valence-corrected chi connectivity index (χ4v) is 3.94. The van der Waals surface area contributed by atoms with E-state index < -0.39 is 0 Å². The molecule has 0 aromatic heterocycles. The Kier molecular flexibility index (Phi) is 4.96. The Balaban J connectivity index is 1.41. The lowest BCUT2D eigenvalue weighted by molar-refractivity contribution is 0.0873. The van der Waals surface area contributed by atoms with Crippen LogP contribution in [0.2, 0.25) is 0 Å². The smallest absolute Gasteiger partial charge is 0.231 e. The average molecular weight is 413 g/mol. The van der Waals surface area contributed by atoms with Crippen LogP contribution >= 0.6 is 0 Å². The topological polar surface area (TPSA) is 48.0 Å². The summed E-state index contributed by atoms with van der Waals surface area (Å²) < 4.78 is 17.3. The maximum absolute atomic E-state index is 13.0. The summed E-state index contributed by atoms with van der Waals surface area (Å²) >= 11 is 0. The maximum atomic E-state index is 13.0. The standard InChI is InChI=1S/C26H23NO4/c1-17-6-8-18(9-7-17)14-27-15-22-23(30-16-27)11-10-21-25(28)24(31-26(21)22)13-19-4-3-5-20(12-19)29-2/h3-13H,14-16H2,1-2H3/b24-13-. The highest BCUT2D eigenvalue weighted by atomic mass is 16.5. The number of hydrogen-bond acceptors (Lipinski definition) is 5. The van der Waals surface area contributed by atoms with Gasteiger partial charge < -0.3 is 14.2 Å². The first kappa shape index (κ1) is 19.4. The van der Waals surface area contributed by atoms with Gasteiger partial charge in [0.15, 0.2) is 5.76 Å². The lowest BCUT2D eigenvalue weighted by Gasteiger charge is -2.29. The summed E-state index contributed by atoms with van der Waals surface area (Å²) in [5.74, 6) is 2.30. The fourth-order valence-electron chi connectivity index (χ4n) is 3.94. The third kappa shape index (κ3) is 3.80. The van der Waals surface area contributed by atoms with Crippen molar-refractivity contribution < 1.29 is 19.0 Å². The second-order valence-corrected chi connectivity index (χ2v) is 7.88. The molecule has 156 valence electrons. The van der Waals surface area contributed by atoms with Gasteiger partial charge in [-0.1, -0.05) is 42.0 Å². The summed E-state index contributed by atoms with van der Waals surface area (Å²) in [4.78, 5) is 15.2. The number of nitrogens with zero attached hydrogens (tertiary/aromatic N) is 1. The lowest BCUT2D eigenvalue weighted by Crippen LogP contribution is -2.31. The maximum Gasteiger partial charge on any atom is 0.231 e. The number of benzene rings is 3. The zero-order valence-electron chi connectivity index (χ0n) is 17.6. The van der Waals surface area contributed by atoms with Gasteiger partial charge in [-0.25, -0.2) is 0 Å². The van der Waals surface area contributed by atoms with Crippen LogP contribution in [0.4, 0.5) is 0 Å². The van der Waals surface area contributed by atoms with Crippen LogP contribution in [0.3, 0.4) is 0 Å². The van der Waals surface area contributed by atoms with Gasteiger partial charge in [0.2, 0.25) is 5.78 Å². The monoisotopic (exact) mass is 413 g/mol. The number of carbonyl (C=O) groups excluding carboxylic acids is 1. The normalized spacial score (nSPS) is 16.5. The molecule has 0 N–H and O–H groups in total. The van der Waals surface area contributed by atoms with Crippen molar-refractivity contribution in [1.29, 1.82) is 0 Å². The largest absolute Gasteiger partial charge is 0.497 e. The van der Waals surface area contributed by atoms with Crippen LogP contribution in [0.15, 0.2) is 66.4 Å². The minimum atomic E-state index is -0.115. The van der Waals surface area contributed by atoms with Gasteiger partial charge in [-0.2, -0.15) is 0 Å². The Morgan fingerprint density at radius 3 is 2.74 bits per heavy atom. The van der Waals surface area contributed by atoms with Crippen molar-refractivity contribution in [3.05, 3.63) is 94.2 Å². The number of ether oxygens (including phenoxy) is 3. The highest BCUT2D eigenvalue weighted by molar-refractivity contribution is 6.15. The Hall–Kier alpha value is -3.57. The third-order valence-electron chi connectivity index (χ3n) is 5.60. The summed E-state index contributed by atoms with van der Waals surface area (Å²) in [5, 5.41) is 0. The molecule has 5 rings (SSSR count). The number of ketones is 1. The molecule has 5 heteroatoms. The zero-order valence-corrected chi connectivity index (χ0v) is 17.6. The molecule has 0 unspecified atom stereocenters. The van der Waals surface area contributed by atoms with E-state index in [4.69, 9.17) is 14.2 Å². The first-order chi connectivity index (χ1) is 15.1. The molecule has 2 aliphatic heterocycles. The first-order valence-corrected chi connectivity index (χ1v) is 10.3. The second kappa shape index (κ2) is 7.93. The van der Waals surface area contributed by atoms with E-state index in [1.807, 2.05) is 30.3 Å². The molecule has 0 atom stereocenters. The molecular weight excluding hydrogens is 390 g/mol. The number of allylic oxidation sites excluding steroid dienone is 1. The van der Waals surface area contributed by atoms with Crippen LogP contribution in [0, 0.1) is 6.92 Å². The molecule has 2 heterocycles. The van der Waals surface area contributed by atoms with Crippen molar-refractivity contribution in [2.75, 3.05) is 13.8 Å². The minimum Gasteiger partial charge on any atom is -0.497 e. The molecule has 3 aromatic carbocycles. The van der Waals surface area contributed by atoms with Crippen LogP contribution in [-0.2, 0) is 13.1 Å². The third-order valence-corrected chi connectivity index (χ3v) is 5.60. The molecule has 0 spiro atoms. The van der Waals surface area contributed by atoms with Crippen molar-refractivity contribution >= 4 is 11.9 Å². The van der Waals surface area contributed by atoms with Gasteiger partial charge in [0.25, 0.3) is 0 Å². The van der Waals surface area contributed by atoms with Gasteiger partial charge in [-0.05, 0) is 48.4 Å². The number of aryl methyl sites for hydroxylation is 1. The van der Waals surface area contributed by atoms with Crippen LogP contribution in [0.5, 0.6) is 17.2 Å². The summed E-state index contributed by atoms with van der Waals surface area (Å²) in [7, 11) is 1.62. The van der Waals surface area contributed by atoms with Gasteiger partial charge in [0, 0.05) is 13.1 Å². The number of Topliss-reactive ketones (excluding diaryl/α,β-unsaturated/α-hetero) is 1. The molecule has 0 radical (unpaired) electrons. The van der Waals surface area contributed by atoms with E-state index >= 15 is 0 Å². The summed E-state index contributed by atoms with van der Waals surface area (Å²) in [5.41, 5.74) is 4.80. The van der Waals surface area contributed by atoms with Crippen molar-refractivity contribution in [1.82, 2.24) is 4.90 Å². The molecular formula is C26H23NO4. The summed E-state index contributed by atoms with van der Waals surface area (Å²) in [6, 6.07) is 19.7. The van der Waals surface area contributed by atoms with Gasteiger partial charge in [-0.15, -0.1) is 0 Å². The number of rotatable bonds is 4. The highest BCUT2D eigenvalue weighted by Crippen LogP contribution is 2.42. The molecule has 5 nitrogen and oxygen atoms in total. The Labute approximate surface area is 181 Å². The highest BCUT2D eigenvalue weighted by Gasteiger charge is 2.33. The van der Waals surface area contributed by atoms with E-state index in [0.717, 1.165) is 29.2 Å². The molecule has 0 bridgehead atoms. The number of carbonyl (C=O) groups is 1. The van der Waals surface area contributed by atoms with Crippen molar-refractivity contribution in [3.63, 3.8) is 0 Å². The van der Waals surface area contributed by atoms with Crippen LogP contribution in [-0.4, -0.2) is 24.5 Å².